The number of benzene rings is 1. The maximum Gasteiger partial charge on any atom is 0.238 e. The minimum absolute atomic E-state index is 0.0449. The molecule has 2 aromatic heterocycles. The summed E-state index contributed by atoms with van der Waals surface area (Å²) in [6, 6.07) is 2.19. The van der Waals surface area contributed by atoms with E-state index in [0.29, 0.717) is 38.2 Å². The number of halogens is 2. The summed E-state index contributed by atoms with van der Waals surface area (Å²) in [6.07, 6.45) is 4.42. The molecule has 2 aliphatic heterocycles. The molecular formula is C28H37F2N5O4Si. The summed E-state index contributed by atoms with van der Waals surface area (Å²) >= 11 is 0. The Kier molecular flexibility index (Phi) is 7.62. The Morgan fingerprint density at radius 1 is 1.05 bits per heavy atom. The molecule has 1 fully saturated rings. The van der Waals surface area contributed by atoms with Crippen molar-refractivity contribution in [2.75, 3.05) is 45.9 Å². The van der Waals surface area contributed by atoms with Gasteiger partial charge in [-0.15, -0.1) is 0 Å². The minimum atomic E-state index is -1.23. The second-order valence-electron chi connectivity index (χ2n) is 11.9. The molecule has 2 aliphatic rings. The van der Waals surface area contributed by atoms with E-state index in [2.05, 4.69) is 34.6 Å². The number of hydrogen-bond donors (Lipinski definition) is 0. The lowest BCUT2D eigenvalue weighted by atomic mass is 9.67. The summed E-state index contributed by atoms with van der Waals surface area (Å²) < 4.78 is 49.2. The van der Waals surface area contributed by atoms with Gasteiger partial charge in [0.1, 0.15) is 12.4 Å². The molecule has 0 radical (unpaired) electrons. The molecule has 1 spiro atoms. The van der Waals surface area contributed by atoms with Crippen LogP contribution in [0.2, 0.25) is 25.7 Å². The first-order valence-electron chi connectivity index (χ1n) is 13.5. The summed E-state index contributed by atoms with van der Waals surface area (Å²) in [4.78, 5) is 22.5. The highest BCUT2D eigenvalue weighted by Gasteiger charge is 2.51. The number of rotatable bonds is 8. The van der Waals surface area contributed by atoms with Gasteiger partial charge in [-0.25, -0.2) is 18.4 Å². The fraction of sp³-hybridized carbons (Fsp3) is 0.536. The predicted octanol–water partition coefficient (Wildman–Crippen LogP) is 4.55. The first-order chi connectivity index (χ1) is 19.0. The molecule has 9 nitrogen and oxygen atoms in total. The molecule has 5 rings (SSSR count). The van der Waals surface area contributed by atoms with Crippen molar-refractivity contribution in [3.8, 4) is 11.5 Å². The van der Waals surface area contributed by atoms with Gasteiger partial charge in [-0.1, -0.05) is 19.6 Å². The fourth-order valence-electron chi connectivity index (χ4n) is 5.74. The molecule has 0 saturated carbocycles. The van der Waals surface area contributed by atoms with E-state index in [4.69, 9.17) is 14.2 Å². The highest BCUT2D eigenvalue weighted by atomic mass is 28.3. The lowest BCUT2D eigenvalue weighted by Crippen LogP contribution is -2.56. The second-order valence-corrected chi connectivity index (χ2v) is 17.5. The van der Waals surface area contributed by atoms with Crippen LogP contribution in [0, 0.1) is 11.6 Å². The van der Waals surface area contributed by atoms with E-state index in [1.807, 2.05) is 7.05 Å². The number of carbonyl (C=O) groups excluding carboxylic acids is 1. The van der Waals surface area contributed by atoms with E-state index in [-0.39, 0.29) is 30.7 Å². The maximum atomic E-state index is 15.6. The number of fused-ring (bicyclic) bond motifs is 4. The number of carbonyl (C=O) groups is 1. The Balaban J connectivity index is 1.60. The van der Waals surface area contributed by atoms with Crippen molar-refractivity contribution >= 4 is 30.7 Å². The SMILES string of the molecule is COc1cc(OC)c(F)c(N2Cc3cnc4c(cnn4COCC[Si](C)(C)C)c3C3(CCN(C)CC3)C2=O)c1F. The molecule has 0 bridgehead atoms. The van der Waals surface area contributed by atoms with Crippen LogP contribution in [0.4, 0.5) is 14.5 Å². The van der Waals surface area contributed by atoms with Crippen molar-refractivity contribution in [3.05, 3.63) is 41.2 Å². The lowest BCUT2D eigenvalue weighted by Gasteiger charge is -2.47. The molecule has 1 saturated heterocycles. The fourth-order valence-corrected chi connectivity index (χ4v) is 6.50. The van der Waals surface area contributed by atoms with Gasteiger partial charge >= 0.3 is 0 Å². The zero-order valence-corrected chi connectivity index (χ0v) is 25.0. The van der Waals surface area contributed by atoms with Crippen molar-refractivity contribution in [1.82, 2.24) is 19.7 Å². The molecule has 4 heterocycles. The number of hydrogen-bond acceptors (Lipinski definition) is 7. The van der Waals surface area contributed by atoms with Gasteiger partial charge in [0.2, 0.25) is 5.91 Å². The number of anilines is 1. The molecule has 216 valence electrons. The van der Waals surface area contributed by atoms with Crippen LogP contribution in [0.15, 0.2) is 18.5 Å². The van der Waals surface area contributed by atoms with Gasteiger partial charge in [-0.05, 0) is 50.1 Å². The Bertz CT molecular complexity index is 1400. The molecule has 0 N–H and O–H groups in total. The van der Waals surface area contributed by atoms with E-state index in [1.165, 1.54) is 19.1 Å². The molecule has 3 aromatic rings. The molecule has 1 amide bonds. The van der Waals surface area contributed by atoms with E-state index >= 15 is 8.78 Å². The Morgan fingerprint density at radius 2 is 1.70 bits per heavy atom. The zero-order chi connectivity index (χ0) is 28.8. The average molecular weight is 574 g/mol. The van der Waals surface area contributed by atoms with Gasteiger partial charge in [0, 0.05) is 32.3 Å². The maximum absolute atomic E-state index is 15.6. The number of pyridine rings is 1. The molecule has 0 aliphatic carbocycles. The lowest BCUT2D eigenvalue weighted by molar-refractivity contribution is -0.126. The van der Waals surface area contributed by atoms with Crippen LogP contribution in [-0.2, 0) is 28.2 Å². The van der Waals surface area contributed by atoms with Crippen molar-refractivity contribution < 1.29 is 27.8 Å². The number of amides is 1. The quantitative estimate of drug-likeness (QED) is 0.289. The number of likely N-dealkylation sites (tertiary alicyclic amines) is 1. The Labute approximate surface area is 234 Å². The van der Waals surface area contributed by atoms with Crippen LogP contribution in [-0.4, -0.2) is 74.6 Å². The summed E-state index contributed by atoms with van der Waals surface area (Å²) in [5, 5.41) is 5.33. The number of aromatic nitrogens is 3. The summed E-state index contributed by atoms with van der Waals surface area (Å²) in [6.45, 7) is 9.07. The molecule has 0 unspecified atom stereocenters. The predicted molar refractivity (Wildman–Crippen MR) is 151 cm³/mol. The smallest absolute Gasteiger partial charge is 0.238 e. The molecule has 12 heteroatoms. The summed E-state index contributed by atoms with van der Waals surface area (Å²) in [5.41, 5.74) is 0.735. The second kappa shape index (κ2) is 10.7. The number of methoxy groups -OCH3 is 2. The third-order valence-electron chi connectivity index (χ3n) is 8.08. The number of piperidine rings is 1. The van der Waals surface area contributed by atoms with Crippen molar-refractivity contribution in [2.45, 2.75) is 57.2 Å². The van der Waals surface area contributed by atoms with Gasteiger partial charge in [0.05, 0.1) is 32.4 Å². The molecule has 40 heavy (non-hydrogen) atoms. The minimum Gasteiger partial charge on any atom is -0.493 e. The van der Waals surface area contributed by atoms with Crippen LogP contribution in [0.25, 0.3) is 11.0 Å². The van der Waals surface area contributed by atoms with Gasteiger partial charge < -0.3 is 24.0 Å². The van der Waals surface area contributed by atoms with Crippen molar-refractivity contribution in [2.24, 2.45) is 0 Å². The zero-order valence-electron chi connectivity index (χ0n) is 24.0. The van der Waals surface area contributed by atoms with Crippen LogP contribution >= 0.6 is 0 Å². The molecule has 1 aromatic carbocycles. The van der Waals surface area contributed by atoms with E-state index in [0.717, 1.165) is 28.6 Å². The van der Waals surface area contributed by atoms with Crippen LogP contribution in [0.5, 0.6) is 11.5 Å². The first-order valence-corrected chi connectivity index (χ1v) is 17.2. The highest BCUT2D eigenvalue weighted by Crippen LogP contribution is 2.48. The van der Waals surface area contributed by atoms with E-state index in [9.17, 15) is 4.79 Å². The number of ether oxygens (including phenoxy) is 3. The van der Waals surface area contributed by atoms with Crippen LogP contribution in [0.3, 0.4) is 0 Å². The van der Waals surface area contributed by atoms with Gasteiger partial charge in [-0.2, -0.15) is 5.10 Å². The van der Waals surface area contributed by atoms with Crippen LogP contribution in [0.1, 0.15) is 24.0 Å². The van der Waals surface area contributed by atoms with Crippen LogP contribution < -0.4 is 14.4 Å². The summed E-state index contributed by atoms with van der Waals surface area (Å²) in [5.74, 6) is -2.65. The third kappa shape index (κ3) is 4.86. The van der Waals surface area contributed by atoms with Gasteiger partial charge in [-0.3, -0.25) is 4.79 Å². The molecule has 0 atom stereocenters. The standard InChI is InChI=1S/C28H37F2N5O4Si/c1-33-9-7-28(8-10-33)22-18(14-31-26-19(22)15-32-35(26)17-39-11-12-40(4,5)6)16-34(27(28)36)25-23(29)20(37-2)13-21(38-3)24(25)30/h13-15H,7-12,16-17H2,1-6H3. The van der Waals surface area contributed by atoms with E-state index < -0.39 is 30.8 Å². The van der Waals surface area contributed by atoms with Gasteiger partial charge in [0.15, 0.2) is 28.8 Å². The topological polar surface area (TPSA) is 81.9 Å². The first kappa shape index (κ1) is 28.4. The average Bonchev–Trinajstić information content (AvgIpc) is 3.33. The largest absolute Gasteiger partial charge is 0.493 e. The normalized spacial score (nSPS) is 17.5. The van der Waals surface area contributed by atoms with Crippen molar-refractivity contribution in [3.63, 3.8) is 0 Å². The van der Waals surface area contributed by atoms with Gasteiger partial charge in [0.25, 0.3) is 0 Å². The van der Waals surface area contributed by atoms with E-state index in [1.54, 1.807) is 17.1 Å². The monoisotopic (exact) mass is 573 g/mol. The third-order valence-corrected chi connectivity index (χ3v) is 9.78. The molecular weight excluding hydrogens is 536 g/mol. The van der Waals surface area contributed by atoms with Crippen molar-refractivity contribution in [1.29, 1.82) is 0 Å². The highest BCUT2D eigenvalue weighted by molar-refractivity contribution is 6.76. The number of nitrogens with zero attached hydrogens (tertiary/aromatic N) is 5. The Morgan fingerprint density at radius 3 is 2.30 bits per heavy atom. The Hall–Kier alpha value is -3.09. The summed E-state index contributed by atoms with van der Waals surface area (Å²) in [7, 11) is 3.35.